The zero-order valence-corrected chi connectivity index (χ0v) is 11.4. The van der Waals surface area contributed by atoms with E-state index in [0.717, 1.165) is 35.4 Å². The van der Waals surface area contributed by atoms with Gasteiger partial charge in [-0.05, 0) is 42.3 Å². The van der Waals surface area contributed by atoms with Crippen LogP contribution in [0.1, 0.15) is 5.56 Å². The maximum absolute atomic E-state index is 5.76. The van der Waals surface area contributed by atoms with Crippen molar-refractivity contribution in [1.82, 2.24) is 9.55 Å². The van der Waals surface area contributed by atoms with Gasteiger partial charge in [0.15, 0.2) is 0 Å². The number of nitrogens with zero attached hydrogens (tertiary/aromatic N) is 2. The number of nitrogens with two attached hydrogens (primary N) is 1. The molecule has 3 rings (SSSR count). The Morgan fingerprint density at radius 2 is 1.95 bits per heavy atom. The lowest BCUT2D eigenvalue weighted by Crippen LogP contribution is -2.00. The zero-order valence-electron chi connectivity index (χ0n) is 11.4. The van der Waals surface area contributed by atoms with Crippen molar-refractivity contribution in [2.45, 2.75) is 13.0 Å². The van der Waals surface area contributed by atoms with Gasteiger partial charge in [0.25, 0.3) is 0 Å². The van der Waals surface area contributed by atoms with Crippen molar-refractivity contribution in [1.29, 1.82) is 0 Å². The summed E-state index contributed by atoms with van der Waals surface area (Å²) in [7, 11) is 1.68. The molecule has 20 heavy (non-hydrogen) atoms. The van der Waals surface area contributed by atoms with Crippen LogP contribution in [0, 0.1) is 0 Å². The van der Waals surface area contributed by atoms with Gasteiger partial charge in [0.1, 0.15) is 5.75 Å². The highest BCUT2D eigenvalue weighted by Gasteiger charge is 2.03. The fourth-order valence-electron chi connectivity index (χ4n) is 2.30. The monoisotopic (exact) mass is 267 g/mol. The van der Waals surface area contributed by atoms with Crippen molar-refractivity contribution in [3.63, 3.8) is 0 Å². The van der Waals surface area contributed by atoms with Crippen LogP contribution in [-0.4, -0.2) is 16.7 Å². The van der Waals surface area contributed by atoms with E-state index < -0.39 is 0 Å². The maximum atomic E-state index is 5.76. The molecule has 0 aliphatic heterocycles. The van der Waals surface area contributed by atoms with Gasteiger partial charge in [0.05, 0.1) is 24.5 Å². The Morgan fingerprint density at radius 1 is 1.15 bits per heavy atom. The first-order valence-electron chi connectivity index (χ1n) is 6.59. The molecule has 2 aromatic carbocycles. The number of anilines is 1. The Kier molecular flexibility index (Phi) is 3.29. The zero-order chi connectivity index (χ0) is 13.9. The minimum Gasteiger partial charge on any atom is -0.497 e. The molecule has 0 spiro atoms. The highest BCUT2D eigenvalue weighted by atomic mass is 16.5. The number of imidazole rings is 1. The number of methoxy groups -OCH3 is 1. The summed E-state index contributed by atoms with van der Waals surface area (Å²) in [6, 6.07) is 14.0. The molecular formula is C16H17N3O. The Hall–Kier alpha value is -2.49. The second-order valence-electron chi connectivity index (χ2n) is 4.78. The van der Waals surface area contributed by atoms with Gasteiger partial charge >= 0.3 is 0 Å². The molecule has 0 atom stereocenters. The SMILES string of the molecule is COc1ccc(CCn2cnc3cc(N)ccc32)cc1. The number of aromatic nitrogens is 2. The summed E-state index contributed by atoms with van der Waals surface area (Å²) in [5.41, 5.74) is 9.86. The molecule has 0 saturated carbocycles. The standard InChI is InChI=1S/C16H17N3O/c1-20-14-5-2-12(3-6-14)8-9-19-11-18-15-10-13(17)4-7-16(15)19/h2-7,10-11H,8-9,17H2,1H3. The summed E-state index contributed by atoms with van der Waals surface area (Å²) < 4.78 is 7.31. The number of benzene rings is 2. The highest BCUT2D eigenvalue weighted by Crippen LogP contribution is 2.17. The Balaban J connectivity index is 1.76. The van der Waals surface area contributed by atoms with Crippen molar-refractivity contribution in [2.75, 3.05) is 12.8 Å². The summed E-state index contributed by atoms with van der Waals surface area (Å²) in [5.74, 6) is 0.886. The Bertz CT molecular complexity index is 716. The van der Waals surface area contributed by atoms with E-state index in [4.69, 9.17) is 10.5 Å². The minimum atomic E-state index is 0.748. The fourth-order valence-corrected chi connectivity index (χ4v) is 2.30. The molecule has 4 nitrogen and oxygen atoms in total. The lowest BCUT2D eigenvalue weighted by molar-refractivity contribution is 0.414. The average Bonchev–Trinajstić information content (AvgIpc) is 2.88. The van der Waals surface area contributed by atoms with Gasteiger partial charge < -0.3 is 15.0 Å². The van der Waals surface area contributed by atoms with E-state index in [2.05, 4.69) is 21.7 Å². The molecule has 1 aromatic heterocycles. The summed E-state index contributed by atoms with van der Waals surface area (Å²) in [5, 5.41) is 0. The van der Waals surface area contributed by atoms with E-state index in [1.165, 1.54) is 5.56 Å². The van der Waals surface area contributed by atoms with Crippen LogP contribution in [0.4, 0.5) is 5.69 Å². The first kappa shape index (κ1) is 12.5. The first-order chi connectivity index (χ1) is 9.76. The van der Waals surface area contributed by atoms with Crippen molar-refractivity contribution in [3.05, 3.63) is 54.4 Å². The lowest BCUT2D eigenvalue weighted by Gasteiger charge is -2.06. The van der Waals surface area contributed by atoms with Crippen LogP contribution in [0.3, 0.4) is 0 Å². The second-order valence-corrected chi connectivity index (χ2v) is 4.78. The van der Waals surface area contributed by atoms with Crippen LogP contribution in [0.25, 0.3) is 11.0 Å². The molecule has 0 unspecified atom stereocenters. The lowest BCUT2D eigenvalue weighted by atomic mass is 10.1. The molecule has 0 amide bonds. The van der Waals surface area contributed by atoms with Crippen molar-refractivity contribution in [3.8, 4) is 5.75 Å². The largest absolute Gasteiger partial charge is 0.497 e. The molecule has 102 valence electrons. The van der Waals surface area contributed by atoms with E-state index in [-0.39, 0.29) is 0 Å². The highest BCUT2D eigenvalue weighted by molar-refractivity contribution is 5.78. The molecule has 0 saturated heterocycles. The summed E-state index contributed by atoms with van der Waals surface area (Å²) in [6.07, 6.45) is 2.83. The Morgan fingerprint density at radius 3 is 2.70 bits per heavy atom. The third kappa shape index (κ3) is 2.45. The number of hydrogen-bond acceptors (Lipinski definition) is 3. The molecule has 2 N–H and O–H groups in total. The number of hydrogen-bond donors (Lipinski definition) is 1. The molecule has 0 bridgehead atoms. The van der Waals surface area contributed by atoms with Crippen LogP contribution in [0.15, 0.2) is 48.8 Å². The average molecular weight is 267 g/mol. The predicted octanol–water partition coefficient (Wildman–Crippen LogP) is 2.87. The molecule has 3 aromatic rings. The quantitative estimate of drug-likeness (QED) is 0.739. The van der Waals surface area contributed by atoms with Gasteiger partial charge in [-0.3, -0.25) is 0 Å². The Labute approximate surface area is 117 Å². The van der Waals surface area contributed by atoms with Gasteiger partial charge in [0, 0.05) is 12.2 Å². The second kappa shape index (κ2) is 5.25. The van der Waals surface area contributed by atoms with Crippen molar-refractivity contribution >= 4 is 16.7 Å². The predicted molar refractivity (Wildman–Crippen MR) is 80.8 cm³/mol. The molecule has 0 radical (unpaired) electrons. The van der Waals surface area contributed by atoms with Crippen LogP contribution in [0.5, 0.6) is 5.75 Å². The molecule has 1 heterocycles. The number of fused-ring (bicyclic) bond motifs is 1. The van der Waals surface area contributed by atoms with E-state index >= 15 is 0 Å². The number of aryl methyl sites for hydroxylation is 2. The van der Waals surface area contributed by atoms with Crippen molar-refractivity contribution < 1.29 is 4.74 Å². The smallest absolute Gasteiger partial charge is 0.118 e. The van der Waals surface area contributed by atoms with Crippen LogP contribution >= 0.6 is 0 Å². The van der Waals surface area contributed by atoms with Crippen LogP contribution < -0.4 is 10.5 Å². The van der Waals surface area contributed by atoms with Crippen LogP contribution in [0.2, 0.25) is 0 Å². The maximum Gasteiger partial charge on any atom is 0.118 e. The third-order valence-corrected chi connectivity index (χ3v) is 3.45. The minimum absolute atomic E-state index is 0.748. The molecule has 4 heteroatoms. The van der Waals surface area contributed by atoms with Gasteiger partial charge in [-0.1, -0.05) is 12.1 Å². The number of rotatable bonds is 4. The van der Waals surface area contributed by atoms with Gasteiger partial charge in [0.2, 0.25) is 0 Å². The van der Waals surface area contributed by atoms with Gasteiger partial charge in [-0.15, -0.1) is 0 Å². The fraction of sp³-hybridized carbons (Fsp3) is 0.188. The number of nitrogen functional groups attached to an aromatic ring is 1. The third-order valence-electron chi connectivity index (χ3n) is 3.45. The van der Waals surface area contributed by atoms with E-state index in [0.29, 0.717) is 0 Å². The van der Waals surface area contributed by atoms with E-state index in [9.17, 15) is 0 Å². The summed E-state index contributed by atoms with van der Waals surface area (Å²) in [4.78, 5) is 4.38. The van der Waals surface area contributed by atoms with E-state index in [1.54, 1.807) is 7.11 Å². The van der Waals surface area contributed by atoms with E-state index in [1.807, 2.05) is 36.7 Å². The molecule has 0 aliphatic carbocycles. The van der Waals surface area contributed by atoms with Crippen molar-refractivity contribution in [2.24, 2.45) is 0 Å². The topological polar surface area (TPSA) is 53.1 Å². The van der Waals surface area contributed by atoms with Crippen LogP contribution in [-0.2, 0) is 13.0 Å². The molecule has 0 aliphatic rings. The summed E-state index contributed by atoms with van der Waals surface area (Å²) in [6.45, 7) is 0.896. The summed E-state index contributed by atoms with van der Waals surface area (Å²) >= 11 is 0. The van der Waals surface area contributed by atoms with Gasteiger partial charge in [-0.25, -0.2) is 4.98 Å². The number of ether oxygens (including phenoxy) is 1. The van der Waals surface area contributed by atoms with Gasteiger partial charge in [-0.2, -0.15) is 0 Å². The first-order valence-corrected chi connectivity index (χ1v) is 6.59. The normalized spacial score (nSPS) is 10.8. The molecule has 0 fully saturated rings. The molecular weight excluding hydrogens is 250 g/mol.